The molecule has 1 aliphatic heterocycles. The van der Waals surface area contributed by atoms with E-state index < -0.39 is 0 Å². The lowest BCUT2D eigenvalue weighted by molar-refractivity contribution is 0.177. The summed E-state index contributed by atoms with van der Waals surface area (Å²) in [5.74, 6) is 0.913. The molecule has 4 nitrogen and oxygen atoms in total. The van der Waals surface area contributed by atoms with E-state index >= 15 is 0 Å². The second-order valence-corrected chi connectivity index (χ2v) is 6.39. The first-order valence-corrected chi connectivity index (χ1v) is 8.30. The Morgan fingerprint density at radius 1 is 1.35 bits per heavy atom. The van der Waals surface area contributed by atoms with E-state index in [1.807, 2.05) is 0 Å². The highest BCUT2D eigenvalue weighted by atomic mass is 35.5. The molecule has 0 spiro atoms. The average molecular weight is 297 g/mol. The summed E-state index contributed by atoms with van der Waals surface area (Å²) < 4.78 is 2.08. The van der Waals surface area contributed by atoms with Crippen LogP contribution in [0.25, 0.3) is 0 Å². The number of hydrogen-bond donors (Lipinski definition) is 1. The van der Waals surface area contributed by atoms with E-state index in [-0.39, 0.29) is 0 Å². The van der Waals surface area contributed by atoms with Crippen molar-refractivity contribution in [1.82, 2.24) is 20.0 Å². The van der Waals surface area contributed by atoms with E-state index in [0.717, 1.165) is 55.8 Å². The Kier molecular flexibility index (Phi) is 4.34. The molecule has 0 radical (unpaired) electrons. The van der Waals surface area contributed by atoms with E-state index in [0.29, 0.717) is 6.04 Å². The largest absolute Gasteiger partial charge is 0.311 e. The first-order valence-electron chi connectivity index (χ1n) is 7.92. The van der Waals surface area contributed by atoms with Gasteiger partial charge in [0.05, 0.1) is 16.4 Å². The summed E-state index contributed by atoms with van der Waals surface area (Å²) in [5.41, 5.74) is 2.24. The van der Waals surface area contributed by atoms with E-state index in [9.17, 15) is 0 Å². The van der Waals surface area contributed by atoms with Gasteiger partial charge in [-0.25, -0.2) is 0 Å². The predicted molar refractivity (Wildman–Crippen MR) is 82.1 cm³/mol. The third-order valence-corrected chi connectivity index (χ3v) is 4.98. The highest BCUT2D eigenvalue weighted by molar-refractivity contribution is 6.31. The van der Waals surface area contributed by atoms with Gasteiger partial charge in [0.25, 0.3) is 0 Å². The molecule has 5 heteroatoms. The fraction of sp³-hybridized carbons (Fsp3) is 0.800. The first kappa shape index (κ1) is 14.4. The molecule has 20 heavy (non-hydrogen) atoms. The molecular formula is C15H25ClN4. The maximum Gasteiger partial charge on any atom is 0.0863 e. The normalized spacial score (nSPS) is 24.2. The summed E-state index contributed by atoms with van der Waals surface area (Å²) >= 11 is 6.51. The number of rotatable bonds is 5. The Morgan fingerprint density at radius 3 is 2.80 bits per heavy atom. The van der Waals surface area contributed by atoms with Crippen molar-refractivity contribution in [1.29, 1.82) is 0 Å². The van der Waals surface area contributed by atoms with Gasteiger partial charge in [0.2, 0.25) is 0 Å². The van der Waals surface area contributed by atoms with Crippen molar-refractivity contribution in [2.75, 3.05) is 19.6 Å². The summed E-state index contributed by atoms with van der Waals surface area (Å²) in [6, 6.07) is 0.686. The highest BCUT2D eigenvalue weighted by Gasteiger charge is 2.34. The molecular weight excluding hydrogens is 272 g/mol. The number of aryl methyl sites for hydroxylation is 2. The topological polar surface area (TPSA) is 33.1 Å². The van der Waals surface area contributed by atoms with Gasteiger partial charge in [0, 0.05) is 38.8 Å². The first-order chi connectivity index (χ1) is 9.72. The van der Waals surface area contributed by atoms with Crippen LogP contribution in [-0.2, 0) is 19.5 Å². The van der Waals surface area contributed by atoms with Gasteiger partial charge in [-0.1, -0.05) is 18.5 Å². The molecule has 112 valence electrons. The van der Waals surface area contributed by atoms with Crippen LogP contribution in [0.3, 0.4) is 0 Å². The van der Waals surface area contributed by atoms with Crippen LogP contribution in [-0.4, -0.2) is 40.4 Å². The van der Waals surface area contributed by atoms with Gasteiger partial charge in [0.15, 0.2) is 0 Å². The predicted octanol–water partition coefficient (Wildman–Crippen LogP) is 2.30. The fourth-order valence-corrected chi connectivity index (χ4v) is 3.51. The third kappa shape index (κ3) is 2.87. The molecule has 1 saturated heterocycles. The molecule has 1 saturated carbocycles. The van der Waals surface area contributed by atoms with Crippen LogP contribution in [0.4, 0.5) is 0 Å². The molecule has 2 fully saturated rings. The molecule has 0 aromatic carbocycles. The van der Waals surface area contributed by atoms with Crippen LogP contribution in [0.1, 0.15) is 38.1 Å². The lowest BCUT2D eigenvalue weighted by Gasteiger charge is -2.34. The van der Waals surface area contributed by atoms with Crippen molar-refractivity contribution in [2.24, 2.45) is 5.92 Å². The zero-order valence-electron chi connectivity index (χ0n) is 12.5. The molecule has 1 aromatic heterocycles. The number of aromatic nitrogens is 2. The summed E-state index contributed by atoms with van der Waals surface area (Å²) in [4.78, 5) is 2.54. The molecule has 2 heterocycles. The molecule has 1 aromatic rings. The minimum absolute atomic E-state index is 0.686. The Balaban J connectivity index is 1.71. The van der Waals surface area contributed by atoms with Crippen LogP contribution in [0.2, 0.25) is 5.02 Å². The van der Waals surface area contributed by atoms with E-state index in [1.165, 1.54) is 18.5 Å². The fourth-order valence-electron chi connectivity index (χ4n) is 3.18. The number of halogens is 1. The highest BCUT2D eigenvalue weighted by Crippen LogP contribution is 2.34. The maximum absolute atomic E-state index is 6.51. The van der Waals surface area contributed by atoms with Crippen LogP contribution in [0, 0.1) is 5.92 Å². The van der Waals surface area contributed by atoms with Gasteiger partial charge in [0.1, 0.15) is 0 Å². The number of nitrogens with one attached hydrogen (secondary N) is 1. The zero-order chi connectivity index (χ0) is 14.1. The molecule has 1 unspecified atom stereocenters. The minimum Gasteiger partial charge on any atom is -0.311 e. The third-order valence-electron chi connectivity index (χ3n) is 4.55. The SMILES string of the molecule is CCc1nn(CC)c(CN2CCNC(C3CC3)C2)c1Cl. The van der Waals surface area contributed by atoms with Crippen molar-refractivity contribution in [3.8, 4) is 0 Å². The van der Waals surface area contributed by atoms with E-state index in [2.05, 4.69) is 33.8 Å². The van der Waals surface area contributed by atoms with Gasteiger partial charge < -0.3 is 5.32 Å². The number of hydrogen-bond acceptors (Lipinski definition) is 3. The zero-order valence-corrected chi connectivity index (χ0v) is 13.3. The van der Waals surface area contributed by atoms with Crippen molar-refractivity contribution in [2.45, 2.75) is 52.2 Å². The Bertz CT molecular complexity index is 467. The van der Waals surface area contributed by atoms with Gasteiger partial charge in [-0.05, 0) is 32.1 Å². The van der Waals surface area contributed by atoms with Crippen molar-refractivity contribution >= 4 is 11.6 Å². The van der Waals surface area contributed by atoms with Gasteiger partial charge in [-0.3, -0.25) is 9.58 Å². The molecule has 0 amide bonds. The van der Waals surface area contributed by atoms with E-state index in [1.54, 1.807) is 0 Å². The minimum atomic E-state index is 0.686. The van der Waals surface area contributed by atoms with Crippen LogP contribution in [0.15, 0.2) is 0 Å². The smallest absolute Gasteiger partial charge is 0.0863 e. The molecule has 1 aliphatic carbocycles. The summed E-state index contributed by atoms with van der Waals surface area (Å²) in [5, 5.41) is 9.17. The van der Waals surface area contributed by atoms with Gasteiger partial charge in [-0.2, -0.15) is 5.10 Å². The average Bonchev–Trinajstić information content (AvgIpc) is 3.27. The maximum atomic E-state index is 6.51. The van der Waals surface area contributed by atoms with Crippen molar-refractivity contribution < 1.29 is 0 Å². The van der Waals surface area contributed by atoms with Crippen LogP contribution < -0.4 is 5.32 Å². The van der Waals surface area contributed by atoms with Gasteiger partial charge in [-0.15, -0.1) is 0 Å². The summed E-state index contributed by atoms with van der Waals surface area (Å²) in [6.07, 6.45) is 3.71. The van der Waals surface area contributed by atoms with Crippen molar-refractivity contribution in [3.63, 3.8) is 0 Å². The lowest BCUT2D eigenvalue weighted by Crippen LogP contribution is -2.51. The second-order valence-electron chi connectivity index (χ2n) is 6.01. The quantitative estimate of drug-likeness (QED) is 0.905. The Hall–Kier alpha value is -0.580. The monoisotopic (exact) mass is 296 g/mol. The molecule has 1 atom stereocenters. The van der Waals surface area contributed by atoms with Crippen LogP contribution >= 0.6 is 11.6 Å². The number of nitrogens with zero attached hydrogens (tertiary/aromatic N) is 3. The van der Waals surface area contributed by atoms with Crippen LogP contribution in [0.5, 0.6) is 0 Å². The molecule has 1 N–H and O–H groups in total. The summed E-state index contributed by atoms with van der Waals surface area (Å²) in [7, 11) is 0. The van der Waals surface area contributed by atoms with Gasteiger partial charge >= 0.3 is 0 Å². The molecule has 3 rings (SSSR count). The standard InChI is InChI=1S/C15H25ClN4/c1-3-12-15(16)14(20(4-2)18-12)10-19-8-7-17-13(9-19)11-5-6-11/h11,13,17H,3-10H2,1-2H3. The number of piperazine rings is 1. The van der Waals surface area contributed by atoms with Crippen molar-refractivity contribution in [3.05, 3.63) is 16.4 Å². The Morgan fingerprint density at radius 2 is 2.15 bits per heavy atom. The second kappa shape index (κ2) is 6.04. The lowest BCUT2D eigenvalue weighted by atomic mass is 10.1. The summed E-state index contributed by atoms with van der Waals surface area (Å²) in [6.45, 7) is 9.44. The molecule has 0 bridgehead atoms. The molecule has 2 aliphatic rings. The van der Waals surface area contributed by atoms with E-state index in [4.69, 9.17) is 11.6 Å². The Labute approximate surface area is 126 Å².